The molecule has 2 aromatic carbocycles. The molecule has 0 aromatic heterocycles. The van der Waals surface area contributed by atoms with Gasteiger partial charge in [-0.25, -0.2) is 0 Å². The van der Waals surface area contributed by atoms with Gasteiger partial charge in [-0.3, -0.25) is 0 Å². The first-order chi connectivity index (χ1) is 8.40. The lowest BCUT2D eigenvalue weighted by molar-refractivity contribution is 0.322. The van der Waals surface area contributed by atoms with Crippen molar-refractivity contribution in [3.05, 3.63) is 71.3 Å². The molecule has 0 bridgehead atoms. The Labute approximate surface area is 100 Å². The summed E-state index contributed by atoms with van der Waals surface area (Å²) in [6, 6.07) is 17.3. The van der Waals surface area contributed by atoms with Crippen molar-refractivity contribution in [1.82, 2.24) is 0 Å². The third kappa shape index (κ3) is 2.96. The molecule has 2 heteroatoms. The van der Waals surface area contributed by atoms with Crippen LogP contribution in [0.2, 0.25) is 0 Å². The fourth-order valence-electron chi connectivity index (χ4n) is 1.45. The van der Waals surface area contributed by atoms with Crippen LogP contribution in [0.5, 0.6) is 0 Å². The molecular formula is C15H11NO. The Bertz CT molecular complexity index is 577. The fraction of sp³-hybridized carbons (Fsp3) is 0. The average Bonchev–Trinajstić information content (AvgIpc) is 2.39. The quantitative estimate of drug-likeness (QED) is 0.341. The van der Waals surface area contributed by atoms with Gasteiger partial charge in [-0.15, -0.1) is 0 Å². The van der Waals surface area contributed by atoms with Crippen molar-refractivity contribution in [2.24, 2.45) is 5.16 Å². The first-order valence-electron chi connectivity index (χ1n) is 5.23. The van der Waals surface area contributed by atoms with Crippen molar-refractivity contribution in [2.75, 3.05) is 0 Å². The molecule has 0 spiro atoms. The highest BCUT2D eigenvalue weighted by molar-refractivity contribution is 5.83. The van der Waals surface area contributed by atoms with Crippen LogP contribution in [0.25, 0.3) is 0 Å². The van der Waals surface area contributed by atoms with Crippen molar-refractivity contribution in [1.29, 1.82) is 0 Å². The Morgan fingerprint density at radius 2 is 1.59 bits per heavy atom. The van der Waals surface area contributed by atoms with Crippen molar-refractivity contribution >= 4 is 6.21 Å². The maximum Gasteiger partial charge on any atom is 0.0746 e. The second kappa shape index (κ2) is 5.53. The summed E-state index contributed by atoms with van der Waals surface area (Å²) in [5, 5.41) is 11.6. The third-order valence-corrected chi connectivity index (χ3v) is 2.27. The Morgan fingerprint density at radius 1 is 0.882 bits per heavy atom. The predicted molar refractivity (Wildman–Crippen MR) is 68.2 cm³/mol. The molecule has 0 saturated heterocycles. The SMILES string of the molecule is ON=Cc1ccccc1C#Cc1ccccc1. The van der Waals surface area contributed by atoms with E-state index in [-0.39, 0.29) is 0 Å². The van der Waals surface area contributed by atoms with Gasteiger partial charge in [-0.1, -0.05) is 53.4 Å². The van der Waals surface area contributed by atoms with E-state index in [1.807, 2.05) is 54.6 Å². The highest BCUT2D eigenvalue weighted by atomic mass is 16.4. The fourth-order valence-corrected chi connectivity index (χ4v) is 1.45. The van der Waals surface area contributed by atoms with Crippen molar-refractivity contribution < 1.29 is 5.21 Å². The number of nitrogens with zero attached hydrogens (tertiary/aromatic N) is 1. The molecule has 0 unspecified atom stereocenters. The molecule has 0 amide bonds. The molecule has 0 heterocycles. The smallest absolute Gasteiger partial charge is 0.0746 e. The molecular weight excluding hydrogens is 210 g/mol. The van der Waals surface area contributed by atoms with Crippen LogP contribution < -0.4 is 0 Å². The number of oxime groups is 1. The largest absolute Gasteiger partial charge is 0.411 e. The Kier molecular flexibility index (Phi) is 3.57. The number of rotatable bonds is 1. The Morgan fingerprint density at radius 3 is 2.35 bits per heavy atom. The second-order valence-electron chi connectivity index (χ2n) is 3.45. The highest BCUT2D eigenvalue weighted by Gasteiger charge is 1.94. The minimum absolute atomic E-state index is 0.804. The van der Waals surface area contributed by atoms with Crippen molar-refractivity contribution in [2.45, 2.75) is 0 Å². The van der Waals surface area contributed by atoms with E-state index < -0.39 is 0 Å². The zero-order valence-electron chi connectivity index (χ0n) is 9.17. The lowest BCUT2D eigenvalue weighted by Crippen LogP contribution is -1.87. The average molecular weight is 221 g/mol. The van der Waals surface area contributed by atoms with E-state index in [1.165, 1.54) is 6.21 Å². The summed E-state index contributed by atoms with van der Waals surface area (Å²) >= 11 is 0. The number of hydrogen-bond acceptors (Lipinski definition) is 2. The standard InChI is InChI=1S/C15H11NO/c17-16-12-15-9-5-4-8-14(15)11-10-13-6-2-1-3-7-13/h1-9,12,17H. The van der Waals surface area contributed by atoms with Crippen LogP contribution in [0, 0.1) is 11.8 Å². The summed E-state index contributed by atoms with van der Waals surface area (Å²) in [5.41, 5.74) is 2.61. The van der Waals surface area contributed by atoms with Crippen LogP contribution in [0.1, 0.15) is 16.7 Å². The van der Waals surface area contributed by atoms with Crippen LogP contribution in [0.15, 0.2) is 59.8 Å². The second-order valence-corrected chi connectivity index (χ2v) is 3.45. The number of benzene rings is 2. The van der Waals surface area contributed by atoms with Crippen LogP contribution in [-0.4, -0.2) is 11.4 Å². The van der Waals surface area contributed by atoms with Crippen molar-refractivity contribution in [3.63, 3.8) is 0 Å². The van der Waals surface area contributed by atoms with E-state index in [1.54, 1.807) is 0 Å². The molecule has 0 radical (unpaired) electrons. The minimum Gasteiger partial charge on any atom is -0.411 e. The molecule has 0 saturated carbocycles. The van der Waals surface area contributed by atoms with Gasteiger partial charge >= 0.3 is 0 Å². The van der Waals surface area contributed by atoms with Gasteiger partial charge < -0.3 is 5.21 Å². The van der Waals surface area contributed by atoms with Gasteiger partial charge in [0.25, 0.3) is 0 Å². The lowest BCUT2D eigenvalue weighted by Gasteiger charge is -1.95. The maximum atomic E-state index is 8.55. The normalized spacial score (nSPS) is 9.88. The molecule has 2 aromatic rings. The summed E-state index contributed by atoms with van der Waals surface area (Å²) < 4.78 is 0. The van der Waals surface area contributed by atoms with E-state index in [0.29, 0.717) is 0 Å². The molecule has 1 N–H and O–H groups in total. The van der Waals surface area contributed by atoms with Gasteiger partial charge in [0.05, 0.1) is 6.21 Å². The zero-order chi connectivity index (χ0) is 11.9. The molecule has 0 aliphatic rings. The maximum absolute atomic E-state index is 8.55. The highest BCUT2D eigenvalue weighted by Crippen LogP contribution is 2.05. The van der Waals surface area contributed by atoms with Gasteiger partial charge in [-0.2, -0.15) is 0 Å². The van der Waals surface area contributed by atoms with E-state index in [0.717, 1.165) is 16.7 Å². The molecule has 82 valence electrons. The molecule has 2 nitrogen and oxygen atoms in total. The summed E-state index contributed by atoms with van der Waals surface area (Å²) in [4.78, 5) is 0. The van der Waals surface area contributed by atoms with Crippen LogP contribution in [0.4, 0.5) is 0 Å². The van der Waals surface area contributed by atoms with E-state index in [2.05, 4.69) is 17.0 Å². The minimum atomic E-state index is 0.804. The Balaban J connectivity index is 2.34. The van der Waals surface area contributed by atoms with Crippen LogP contribution in [0.3, 0.4) is 0 Å². The third-order valence-electron chi connectivity index (χ3n) is 2.27. The molecule has 0 aliphatic carbocycles. The predicted octanol–water partition coefficient (Wildman–Crippen LogP) is 2.89. The van der Waals surface area contributed by atoms with E-state index in [4.69, 9.17) is 5.21 Å². The zero-order valence-corrected chi connectivity index (χ0v) is 9.17. The van der Waals surface area contributed by atoms with Crippen LogP contribution >= 0.6 is 0 Å². The van der Waals surface area contributed by atoms with Gasteiger partial charge in [0, 0.05) is 16.7 Å². The van der Waals surface area contributed by atoms with Crippen LogP contribution in [-0.2, 0) is 0 Å². The summed E-state index contributed by atoms with van der Waals surface area (Å²) in [6.45, 7) is 0. The lowest BCUT2D eigenvalue weighted by atomic mass is 10.1. The summed E-state index contributed by atoms with van der Waals surface area (Å²) in [5.74, 6) is 6.13. The van der Waals surface area contributed by atoms with E-state index in [9.17, 15) is 0 Å². The Hall–Kier alpha value is -2.53. The summed E-state index contributed by atoms with van der Waals surface area (Å²) in [7, 11) is 0. The number of hydrogen-bond donors (Lipinski definition) is 1. The monoisotopic (exact) mass is 221 g/mol. The van der Waals surface area contributed by atoms with Gasteiger partial charge in [0.2, 0.25) is 0 Å². The first kappa shape index (κ1) is 11.0. The molecule has 0 fully saturated rings. The molecule has 2 rings (SSSR count). The summed E-state index contributed by atoms with van der Waals surface area (Å²) in [6.07, 6.45) is 1.38. The molecule has 0 aliphatic heterocycles. The molecule has 0 atom stereocenters. The first-order valence-corrected chi connectivity index (χ1v) is 5.23. The van der Waals surface area contributed by atoms with Crippen molar-refractivity contribution in [3.8, 4) is 11.8 Å². The van der Waals surface area contributed by atoms with Gasteiger partial charge in [-0.05, 0) is 18.2 Å². The molecule has 17 heavy (non-hydrogen) atoms. The topological polar surface area (TPSA) is 32.6 Å². The van der Waals surface area contributed by atoms with Gasteiger partial charge in [0.15, 0.2) is 0 Å². The van der Waals surface area contributed by atoms with Gasteiger partial charge in [0.1, 0.15) is 0 Å². The van der Waals surface area contributed by atoms with E-state index >= 15 is 0 Å².